The van der Waals surface area contributed by atoms with E-state index < -0.39 is 0 Å². The van der Waals surface area contributed by atoms with E-state index in [1.54, 1.807) is 12.1 Å². The lowest BCUT2D eigenvalue weighted by Crippen LogP contribution is -1.77. The van der Waals surface area contributed by atoms with Crippen molar-refractivity contribution in [3.63, 3.8) is 0 Å². The van der Waals surface area contributed by atoms with Crippen LogP contribution in [0.2, 0.25) is 5.02 Å². The van der Waals surface area contributed by atoms with Crippen molar-refractivity contribution in [1.29, 1.82) is 0 Å². The Hall–Kier alpha value is -0.690. The van der Waals surface area contributed by atoms with E-state index in [-0.39, 0.29) is 5.75 Å². The van der Waals surface area contributed by atoms with Gasteiger partial charge in [0.1, 0.15) is 5.75 Å². The molecule has 0 aliphatic rings. The SMILES string of the molecule is CCc1ccc(Cl)c(O)c1. The molecule has 10 heavy (non-hydrogen) atoms. The fraction of sp³-hybridized carbons (Fsp3) is 0.250. The number of halogens is 1. The van der Waals surface area contributed by atoms with Gasteiger partial charge in [-0.2, -0.15) is 0 Å². The molecule has 0 bridgehead atoms. The third-order valence-corrected chi connectivity index (χ3v) is 1.74. The van der Waals surface area contributed by atoms with Crippen LogP contribution in [-0.2, 0) is 6.42 Å². The number of hydrogen-bond donors (Lipinski definition) is 1. The van der Waals surface area contributed by atoms with E-state index in [1.807, 2.05) is 13.0 Å². The summed E-state index contributed by atoms with van der Waals surface area (Å²) >= 11 is 5.59. The average molecular weight is 157 g/mol. The molecule has 0 amide bonds. The van der Waals surface area contributed by atoms with Crippen molar-refractivity contribution < 1.29 is 5.11 Å². The zero-order valence-corrected chi connectivity index (χ0v) is 6.52. The Morgan fingerprint density at radius 3 is 2.70 bits per heavy atom. The van der Waals surface area contributed by atoms with Crippen molar-refractivity contribution in [3.05, 3.63) is 28.8 Å². The summed E-state index contributed by atoms with van der Waals surface area (Å²) in [4.78, 5) is 0. The summed E-state index contributed by atoms with van der Waals surface area (Å²) in [6.07, 6.45) is 0.921. The number of aryl methyl sites for hydroxylation is 1. The summed E-state index contributed by atoms with van der Waals surface area (Å²) in [5.41, 5.74) is 1.10. The van der Waals surface area contributed by atoms with Gasteiger partial charge in [-0.15, -0.1) is 0 Å². The highest BCUT2D eigenvalue weighted by Gasteiger charge is 1.96. The van der Waals surface area contributed by atoms with Crippen LogP contribution >= 0.6 is 11.6 Å². The van der Waals surface area contributed by atoms with Crippen molar-refractivity contribution in [2.24, 2.45) is 0 Å². The number of hydrogen-bond acceptors (Lipinski definition) is 1. The van der Waals surface area contributed by atoms with Gasteiger partial charge in [0.15, 0.2) is 0 Å². The lowest BCUT2D eigenvalue weighted by atomic mass is 10.2. The van der Waals surface area contributed by atoms with Gasteiger partial charge in [-0.3, -0.25) is 0 Å². The van der Waals surface area contributed by atoms with Gasteiger partial charge in [0.25, 0.3) is 0 Å². The molecule has 0 unspecified atom stereocenters. The minimum absolute atomic E-state index is 0.168. The molecule has 2 heteroatoms. The molecule has 1 nitrogen and oxygen atoms in total. The van der Waals surface area contributed by atoms with Crippen LogP contribution < -0.4 is 0 Å². The molecule has 0 spiro atoms. The zero-order valence-electron chi connectivity index (χ0n) is 5.76. The molecule has 0 fully saturated rings. The predicted molar refractivity (Wildman–Crippen MR) is 42.5 cm³/mol. The van der Waals surface area contributed by atoms with Gasteiger partial charge in [-0.1, -0.05) is 24.6 Å². The van der Waals surface area contributed by atoms with E-state index in [2.05, 4.69) is 0 Å². The molecular formula is C8H9ClO. The van der Waals surface area contributed by atoms with Crippen LogP contribution in [0.3, 0.4) is 0 Å². The molecule has 0 aliphatic carbocycles. The highest BCUT2D eigenvalue weighted by Crippen LogP contribution is 2.23. The monoisotopic (exact) mass is 156 g/mol. The van der Waals surface area contributed by atoms with Crippen LogP contribution in [0.25, 0.3) is 0 Å². The van der Waals surface area contributed by atoms with E-state index in [9.17, 15) is 0 Å². The number of phenols is 1. The van der Waals surface area contributed by atoms with Crippen LogP contribution in [0.4, 0.5) is 0 Å². The van der Waals surface area contributed by atoms with Gasteiger partial charge >= 0.3 is 0 Å². The molecule has 0 saturated carbocycles. The summed E-state index contributed by atoms with van der Waals surface area (Å²) in [6.45, 7) is 2.03. The first kappa shape index (κ1) is 7.42. The first-order valence-electron chi connectivity index (χ1n) is 3.21. The predicted octanol–water partition coefficient (Wildman–Crippen LogP) is 2.61. The maximum atomic E-state index is 9.10. The molecule has 0 atom stereocenters. The Morgan fingerprint density at radius 1 is 1.50 bits per heavy atom. The lowest BCUT2D eigenvalue weighted by molar-refractivity contribution is 0.475. The molecule has 0 aliphatic heterocycles. The minimum Gasteiger partial charge on any atom is -0.506 e. The standard InChI is InChI=1S/C8H9ClO/c1-2-6-3-4-7(9)8(10)5-6/h3-5,10H,2H2,1H3. The zero-order chi connectivity index (χ0) is 7.56. The van der Waals surface area contributed by atoms with Gasteiger partial charge < -0.3 is 5.11 Å². The summed E-state index contributed by atoms with van der Waals surface area (Å²) in [5, 5.41) is 9.51. The Morgan fingerprint density at radius 2 is 2.20 bits per heavy atom. The first-order valence-corrected chi connectivity index (χ1v) is 3.59. The van der Waals surface area contributed by atoms with Crippen molar-refractivity contribution >= 4 is 11.6 Å². The molecule has 0 saturated heterocycles. The van der Waals surface area contributed by atoms with Crippen molar-refractivity contribution in [2.45, 2.75) is 13.3 Å². The van der Waals surface area contributed by atoms with Gasteiger partial charge in [-0.05, 0) is 24.1 Å². The van der Waals surface area contributed by atoms with Gasteiger partial charge in [-0.25, -0.2) is 0 Å². The summed E-state index contributed by atoms with van der Waals surface area (Å²) in [6, 6.07) is 5.29. The van der Waals surface area contributed by atoms with E-state index in [0.717, 1.165) is 12.0 Å². The second-order valence-corrected chi connectivity index (χ2v) is 2.55. The van der Waals surface area contributed by atoms with Crippen LogP contribution in [0.1, 0.15) is 12.5 Å². The van der Waals surface area contributed by atoms with Crippen LogP contribution in [0, 0.1) is 0 Å². The molecule has 54 valence electrons. The second kappa shape index (κ2) is 2.93. The lowest BCUT2D eigenvalue weighted by Gasteiger charge is -1.98. The number of aromatic hydroxyl groups is 1. The largest absolute Gasteiger partial charge is 0.506 e. The molecule has 1 N–H and O–H groups in total. The Bertz CT molecular complexity index is 233. The van der Waals surface area contributed by atoms with E-state index >= 15 is 0 Å². The molecule has 1 aromatic rings. The van der Waals surface area contributed by atoms with Crippen LogP contribution in [0.5, 0.6) is 5.75 Å². The minimum atomic E-state index is 0.168. The van der Waals surface area contributed by atoms with E-state index in [1.165, 1.54) is 0 Å². The summed E-state index contributed by atoms with van der Waals surface area (Å²) in [5.74, 6) is 0.168. The third-order valence-electron chi connectivity index (χ3n) is 1.42. The summed E-state index contributed by atoms with van der Waals surface area (Å²) < 4.78 is 0. The maximum absolute atomic E-state index is 9.10. The van der Waals surface area contributed by atoms with Gasteiger partial charge in [0, 0.05) is 0 Å². The highest BCUT2D eigenvalue weighted by molar-refractivity contribution is 6.31. The molecule has 0 heterocycles. The molecule has 1 aromatic carbocycles. The smallest absolute Gasteiger partial charge is 0.134 e. The first-order chi connectivity index (χ1) is 4.74. The topological polar surface area (TPSA) is 20.2 Å². The molecule has 0 aromatic heterocycles. The normalized spacial score (nSPS) is 9.80. The Kier molecular flexibility index (Phi) is 2.17. The van der Waals surface area contributed by atoms with Crippen molar-refractivity contribution in [2.75, 3.05) is 0 Å². The van der Waals surface area contributed by atoms with E-state index in [4.69, 9.17) is 16.7 Å². The molecular weight excluding hydrogens is 148 g/mol. The third kappa shape index (κ3) is 1.42. The second-order valence-electron chi connectivity index (χ2n) is 2.14. The highest BCUT2D eigenvalue weighted by atomic mass is 35.5. The number of benzene rings is 1. The van der Waals surface area contributed by atoms with Crippen molar-refractivity contribution in [3.8, 4) is 5.75 Å². The molecule has 1 rings (SSSR count). The van der Waals surface area contributed by atoms with Crippen LogP contribution in [-0.4, -0.2) is 5.11 Å². The van der Waals surface area contributed by atoms with E-state index in [0.29, 0.717) is 5.02 Å². The Labute approximate surface area is 65.3 Å². The fourth-order valence-electron chi connectivity index (χ4n) is 0.778. The maximum Gasteiger partial charge on any atom is 0.134 e. The fourth-order valence-corrected chi connectivity index (χ4v) is 0.896. The Balaban J connectivity index is 3.04. The summed E-state index contributed by atoms with van der Waals surface area (Å²) in [7, 11) is 0. The average Bonchev–Trinajstić information content (AvgIpc) is 1.95. The molecule has 0 radical (unpaired) electrons. The number of rotatable bonds is 1. The number of phenolic OH excluding ortho intramolecular Hbond substituents is 1. The van der Waals surface area contributed by atoms with Crippen LogP contribution in [0.15, 0.2) is 18.2 Å². The quantitative estimate of drug-likeness (QED) is 0.663. The van der Waals surface area contributed by atoms with Crippen molar-refractivity contribution in [1.82, 2.24) is 0 Å². The van der Waals surface area contributed by atoms with Gasteiger partial charge in [0.2, 0.25) is 0 Å². The van der Waals surface area contributed by atoms with Gasteiger partial charge in [0.05, 0.1) is 5.02 Å².